The first-order valence-corrected chi connectivity index (χ1v) is 8.98. The van der Waals surface area contributed by atoms with Crippen LogP contribution in [0.4, 0.5) is 0 Å². The first-order chi connectivity index (χ1) is 8.78. The van der Waals surface area contributed by atoms with Gasteiger partial charge in [-0.1, -0.05) is 0 Å². The van der Waals surface area contributed by atoms with Crippen LogP contribution >= 0.6 is 23.4 Å². The zero-order chi connectivity index (χ0) is 14.3. The van der Waals surface area contributed by atoms with Crippen LogP contribution in [0.25, 0.3) is 0 Å². The van der Waals surface area contributed by atoms with E-state index in [-0.39, 0.29) is 15.7 Å². The van der Waals surface area contributed by atoms with Crippen molar-refractivity contribution in [2.45, 2.75) is 36.4 Å². The van der Waals surface area contributed by atoms with Gasteiger partial charge in [0.05, 0.1) is 5.88 Å². The van der Waals surface area contributed by atoms with Gasteiger partial charge in [0.15, 0.2) is 5.03 Å². The molecule has 0 aromatic carbocycles. The van der Waals surface area contributed by atoms with E-state index in [2.05, 4.69) is 24.0 Å². The molecule has 0 radical (unpaired) electrons. The largest absolute Gasteiger partial charge is 0.281 e. The molecule has 2 heterocycles. The minimum absolute atomic E-state index is 0.0716. The van der Waals surface area contributed by atoms with Crippen molar-refractivity contribution in [3.63, 3.8) is 0 Å². The summed E-state index contributed by atoms with van der Waals surface area (Å²) in [7, 11) is -3.56. The van der Waals surface area contributed by atoms with Gasteiger partial charge in [0.1, 0.15) is 0 Å². The highest BCUT2D eigenvalue weighted by Crippen LogP contribution is 2.33. The Kier molecular flexibility index (Phi) is 4.21. The Morgan fingerprint density at radius 2 is 2.21 bits per heavy atom. The number of aryl methyl sites for hydroxylation is 1. The summed E-state index contributed by atoms with van der Waals surface area (Å²) in [5.41, 5.74) is 1.27. The monoisotopic (exact) mass is 323 g/mol. The Bertz CT molecular complexity index is 568. The van der Waals surface area contributed by atoms with Gasteiger partial charge in [0.25, 0.3) is 10.0 Å². The Morgan fingerprint density at radius 3 is 2.79 bits per heavy atom. The van der Waals surface area contributed by atoms with Gasteiger partial charge in [-0.05, 0) is 20.8 Å². The molecule has 0 atom stereocenters. The fourth-order valence-electron chi connectivity index (χ4n) is 2.10. The topological polar surface area (TPSA) is 66.1 Å². The molecule has 1 saturated heterocycles. The van der Waals surface area contributed by atoms with E-state index in [9.17, 15) is 8.42 Å². The molecule has 0 spiro atoms. The van der Waals surface area contributed by atoms with Crippen LogP contribution in [0.5, 0.6) is 0 Å². The van der Waals surface area contributed by atoms with E-state index in [1.165, 1.54) is 4.31 Å². The lowest BCUT2D eigenvalue weighted by atomic mass is 10.2. The van der Waals surface area contributed by atoms with Crippen molar-refractivity contribution in [2.75, 3.05) is 18.8 Å². The molecule has 0 amide bonds. The SMILES string of the molecule is Cc1[nH]nc(S(=O)(=O)N2CCSC(C)(C)C2)c1CCl. The number of thioether (sulfide) groups is 1. The van der Waals surface area contributed by atoms with E-state index in [0.717, 1.165) is 5.75 Å². The number of hydrogen-bond donors (Lipinski definition) is 1. The summed E-state index contributed by atoms with van der Waals surface area (Å²) in [6, 6.07) is 0. The van der Waals surface area contributed by atoms with Gasteiger partial charge in [0.2, 0.25) is 0 Å². The third kappa shape index (κ3) is 2.94. The summed E-state index contributed by atoms with van der Waals surface area (Å²) in [6.07, 6.45) is 0. The first kappa shape index (κ1) is 15.2. The number of halogens is 1. The van der Waals surface area contributed by atoms with Crippen LogP contribution in [0, 0.1) is 6.92 Å². The number of sulfonamides is 1. The second-order valence-electron chi connectivity index (χ2n) is 5.21. The van der Waals surface area contributed by atoms with E-state index in [1.807, 2.05) is 0 Å². The maximum atomic E-state index is 12.6. The number of alkyl halides is 1. The van der Waals surface area contributed by atoms with Crippen LogP contribution in [0.1, 0.15) is 25.1 Å². The van der Waals surface area contributed by atoms with E-state index in [4.69, 9.17) is 11.6 Å². The molecule has 2 rings (SSSR count). The Balaban J connectivity index is 2.37. The summed E-state index contributed by atoms with van der Waals surface area (Å²) < 4.78 is 26.7. The van der Waals surface area contributed by atoms with E-state index in [0.29, 0.717) is 24.3 Å². The molecule has 1 aromatic rings. The highest BCUT2D eigenvalue weighted by Gasteiger charge is 2.37. The number of H-pyrrole nitrogens is 1. The van der Waals surface area contributed by atoms with Crippen molar-refractivity contribution < 1.29 is 8.42 Å². The van der Waals surface area contributed by atoms with Crippen LogP contribution in [-0.4, -0.2) is 46.5 Å². The molecule has 0 bridgehead atoms. The smallest absolute Gasteiger partial charge is 0.262 e. The molecule has 8 heteroatoms. The lowest BCUT2D eigenvalue weighted by Crippen LogP contribution is -2.46. The maximum absolute atomic E-state index is 12.6. The van der Waals surface area contributed by atoms with Crippen molar-refractivity contribution in [1.29, 1.82) is 0 Å². The average Bonchev–Trinajstić information content (AvgIpc) is 2.69. The minimum Gasteiger partial charge on any atom is -0.281 e. The molecule has 0 aliphatic carbocycles. The highest BCUT2D eigenvalue weighted by molar-refractivity contribution is 8.00. The van der Waals surface area contributed by atoms with Crippen molar-refractivity contribution in [3.8, 4) is 0 Å². The van der Waals surface area contributed by atoms with Crippen LogP contribution in [-0.2, 0) is 15.9 Å². The zero-order valence-electron chi connectivity index (χ0n) is 11.2. The molecule has 1 N–H and O–H groups in total. The summed E-state index contributed by atoms with van der Waals surface area (Å²) in [5, 5.41) is 6.72. The van der Waals surface area contributed by atoms with Gasteiger partial charge in [-0.3, -0.25) is 5.10 Å². The Hall–Kier alpha value is -0.240. The molecule has 5 nitrogen and oxygen atoms in total. The van der Waals surface area contributed by atoms with Gasteiger partial charge in [-0.2, -0.15) is 21.2 Å². The van der Waals surface area contributed by atoms with E-state index < -0.39 is 10.0 Å². The zero-order valence-corrected chi connectivity index (χ0v) is 13.6. The number of aromatic amines is 1. The highest BCUT2D eigenvalue weighted by atomic mass is 35.5. The molecule has 0 saturated carbocycles. The van der Waals surface area contributed by atoms with Gasteiger partial charge < -0.3 is 0 Å². The number of nitrogens with one attached hydrogen (secondary N) is 1. The van der Waals surface area contributed by atoms with E-state index >= 15 is 0 Å². The summed E-state index contributed by atoms with van der Waals surface area (Å²) >= 11 is 7.62. The second-order valence-corrected chi connectivity index (χ2v) is 9.14. The molecule has 108 valence electrons. The fraction of sp³-hybridized carbons (Fsp3) is 0.727. The predicted molar refractivity (Wildman–Crippen MR) is 78.2 cm³/mol. The molecule has 1 fully saturated rings. The maximum Gasteiger partial charge on any atom is 0.262 e. The number of rotatable bonds is 3. The molecule has 19 heavy (non-hydrogen) atoms. The molecule has 0 unspecified atom stereocenters. The number of hydrogen-bond acceptors (Lipinski definition) is 4. The molecular weight excluding hydrogens is 306 g/mol. The standard InChI is InChI=1S/C11H18ClN3O2S2/c1-8-9(6-12)10(14-13-8)19(16,17)15-4-5-18-11(2,3)7-15/h4-7H2,1-3H3,(H,13,14). The molecule has 1 aromatic heterocycles. The predicted octanol–water partition coefficient (Wildman–Crippen LogP) is 1.97. The fourth-order valence-corrected chi connectivity index (χ4v) is 5.58. The normalized spacial score (nSPS) is 20.6. The van der Waals surface area contributed by atoms with Crippen LogP contribution in [0.2, 0.25) is 0 Å². The third-order valence-electron chi connectivity index (χ3n) is 3.14. The van der Waals surface area contributed by atoms with Crippen molar-refractivity contribution in [2.24, 2.45) is 0 Å². The van der Waals surface area contributed by atoms with Crippen LogP contribution in [0.15, 0.2) is 5.03 Å². The lowest BCUT2D eigenvalue weighted by Gasteiger charge is -2.36. The van der Waals surface area contributed by atoms with Crippen LogP contribution < -0.4 is 0 Å². The van der Waals surface area contributed by atoms with Gasteiger partial charge in [-0.25, -0.2) is 8.42 Å². The van der Waals surface area contributed by atoms with Gasteiger partial charge in [-0.15, -0.1) is 11.6 Å². The molecular formula is C11H18ClN3O2S2. The van der Waals surface area contributed by atoms with Gasteiger partial charge >= 0.3 is 0 Å². The van der Waals surface area contributed by atoms with Crippen molar-refractivity contribution >= 4 is 33.4 Å². The summed E-state index contributed by atoms with van der Waals surface area (Å²) in [6.45, 7) is 6.90. The number of aromatic nitrogens is 2. The number of nitrogens with zero attached hydrogens (tertiary/aromatic N) is 2. The van der Waals surface area contributed by atoms with Gasteiger partial charge in [0, 0.05) is 34.8 Å². The van der Waals surface area contributed by atoms with E-state index in [1.54, 1.807) is 18.7 Å². The minimum atomic E-state index is -3.56. The molecule has 1 aliphatic rings. The Labute approximate surface area is 123 Å². The summed E-state index contributed by atoms with van der Waals surface area (Å²) in [4.78, 5) is 0. The second kappa shape index (κ2) is 5.27. The average molecular weight is 324 g/mol. The third-order valence-corrected chi connectivity index (χ3v) is 6.53. The van der Waals surface area contributed by atoms with Crippen molar-refractivity contribution in [1.82, 2.24) is 14.5 Å². The van der Waals surface area contributed by atoms with Crippen molar-refractivity contribution in [3.05, 3.63) is 11.3 Å². The lowest BCUT2D eigenvalue weighted by molar-refractivity contribution is 0.385. The quantitative estimate of drug-likeness (QED) is 0.864. The first-order valence-electron chi connectivity index (χ1n) is 6.02. The summed E-state index contributed by atoms with van der Waals surface area (Å²) in [5.74, 6) is 0.939. The molecule has 1 aliphatic heterocycles. The van der Waals surface area contributed by atoms with Crippen LogP contribution in [0.3, 0.4) is 0 Å². The Morgan fingerprint density at radius 1 is 1.53 bits per heavy atom.